The minimum absolute atomic E-state index is 0.314. The van der Waals surface area contributed by atoms with E-state index >= 15 is 0 Å². The zero-order valence-corrected chi connectivity index (χ0v) is 17.8. The number of aromatic amines is 1. The molecule has 2 aromatic heterocycles. The largest absolute Gasteiger partial charge is 0.493 e. The van der Waals surface area contributed by atoms with E-state index in [4.69, 9.17) is 9.47 Å². The van der Waals surface area contributed by atoms with Crippen molar-refractivity contribution in [2.45, 2.75) is 32.6 Å². The number of hydrogen-bond donors (Lipinski definition) is 2. The Balaban J connectivity index is 1.40. The second kappa shape index (κ2) is 9.88. The Kier molecular flexibility index (Phi) is 6.56. The maximum absolute atomic E-state index is 5.85. The second-order valence-corrected chi connectivity index (χ2v) is 7.19. The van der Waals surface area contributed by atoms with Crippen LogP contribution in [0.15, 0.2) is 47.6 Å². The Labute approximate surface area is 180 Å². The molecule has 0 spiro atoms. The number of anilines is 1. The van der Waals surface area contributed by atoms with Gasteiger partial charge in [-0.2, -0.15) is 10.1 Å². The van der Waals surface area contributed by atoms with Crippen molar-refractivity contribution in [3.05, 3.63) is 48.0 Å². The van der Waals surface area contributed by atoms with Gasteiger partial charge < -0.3 is 14.5 Å². The maximum Gasteiger partial charge on any atom is 0.265 e. The molecule has 0 bridgehead atoms. The highest BCUT2D eigenvalue weighted by Crippen LogP contribution is 2.28. The van der Waals surface area contributed by atoms with Crippen molar-refractivity contribution in [3.63, 3.8) is 0 Å². The third kappa shape index (κ3) is 4.91. The number of methoxy groups -OCH3 is 1. The van der Waals surface area contributed by atoms with Crippen LogP contribution in [-0.4, -0.2) is 40.1 Å². The summed E-state index contributed by atoms with van der Waals surface area (Å²) in [6, 6.07) is 13.6. The lowest BCUT2D eigenvalue weighted by Crippen LogP contribution is -2.01. The van der Waals surface area contributed by atoms with Crippen molar-refractivity contribution in [1.82, 2.24) is 20.2 Å². The molecule has 2 heterocycles. The average molecular weight is 419 g/mol. The first kappa shape index (κ1) is 20.6. The van der Waals surface area contributed by atoms with E-state index in [0.29, 0.717) is 24.0 Å². The Bertz CT molecular complexity index is 1190. The molecule has 0 atom stereocenters. The number of ether oxygens (including phenoxy) is 2. The fraction of sp³-hybridized carbons (Fsp3) is 0.304. The van der Waals surface area contributed by atoms with Crippen molar-refractivity contribution >= 4 is 34.2 Å². The molecule has 8 heteroatoms. The molecule has 0 saturated carbocycles. The molecule has 0 fully saturated rings. The molecule has 8 nitrogen and oxygen atoms in total. The van der Waals surface area contributed by atoms with E-state index in [-0.39, 0.29) is 0 Å². The summed E-state index contributed by atoms with van der Waals surface area (Å²) in [7, 11) is 1.63. The molecule has 0 aliphatic rings. The number of fused-ring (bicyclic) bond motifs is 3. The van der Waals surface area contributed by atoms with E-state index in [9.17, 15) is 0 Å². The van der Waals surface area contributed by atoms with E-state index in [1.165, 1.54) is 19.3 Å². The van der Waals surface area contributed by atoms with Crippen LogP contribution in [0.2, 0.25) is 0 Å². The normalized spacial score (nSPS) is 11.4. The summed E-state index contributed by atoms with van der Waals surface area (Å²) >= 11 is 0. The van der Waals surface area contributed by atoms with Gasteiger partial charge in [0, 0.05) is 10.9 Å². The van der Waals surface area contributed by atoms with Crippen LogP contribution < -0.4 is 14.9 Å². The van der Waals surface area contributed by atoms with Gasteiger partial charge >= 0.3 is 0 Å². The second-order valence-electron chi connectivity index (χ2n) is 7.19. The van der Waals surface area contributed by atoms with E-state index in [0.717, 1.165) is 34.2 Å². The van der Waals surface area contributed by atoms with Gasteiger partial charge in [-0.15, -0.1) is 10.2 Å². The van der Waals surface area contributed by atoms with E-state index in [1.54, 1.807) is 13.3 Å². The van der Waals surface area contributed by atoms with Crippen LogP contribution in [0, 0.1) is 0 Å². The first-order chi connectivity index (χ1) is 15.3. The molecular formula is C23H26N6O2. The predicted octanol–water partition coefficient (Wildman–Crippen LogP) is 4.92. The lowest BCUT2D eigenvalue weighted by atomic mass is 10.2. The Morgan fingerprint density at radius 1 is 1.06 bits per heavy atom. The van der Waals surface area contributed by atoms with Crippen molar-refractivity contribution in [1.29, 1.82) is 0 Å². The molecule has 160 valence electrons. The first-order valence-corrected chi connectivity index (χ1v) is 10.5. The molecule has 2 N–H and O–H groups in total. The molecule has 2 aromatic carbocycles. The molecule has 0 radical (unpaired) electrons. The monoisotopic (exact) mass is 418 g/mol. The van der Waals surface area contributed by atoms with E-state index in [2.05, 4.69) is 37.6 Å². The quantitative estimate of drug-likeness (QED) is 0.216. The van der Waals surface area contributed by atoms with Gasteiger partial charge in [-0.05, 0) is 36.2 Å². The standard InChI is InChI=1S/C23H26N6O2/c1-3-4-5-8-13-31-19-12-11-16(14-20(19)30-2)15-24-28-23-26-22-21(27-29-23)17-9-6-7-10-18(17)25-22/h6-7,9-12,14-15H,3-5,8,13H2,1-2H3,(H2,25,26,28,29)/b24-15+. The van der Waals surface area contributed by atoms with Crippen LogP contribution >= 0.6 is 0 Å². The number of H-pyrrole nitrogens is 1. The lowest BCUT2D eigenvalue weighted by molar-refractivity contribution is 0.285. The number of rotatable bonds is 10. The van der Waals surface area contributed by atoms with Gasteiger partial charge in [0.05, 0.1) is 19.9 Å². The molecule has 0 aliphatic carbocycles. The highest BCUT2D eigenvalue weighted by Gasteiger charge is 2.08. The summed E-state index contributed by atoms with van der Waals surface area (Å²) in [6.07, 6.45) is 6.33. The molecular weight excluding hydrogens is 392 g/mol. The molecule has 0 saturated heterocycles. The first-order valence-electron chi connectivity index (χ1n) is 10.5. The zero-order valence-electron chi connectivity index (χ0n) is 17.8. The van der Waals surface area contributed by atoms with Crippen LogP contribution in [0.3, 0.4) is 0 Å². The Morgan fingerprint density at radius 3 is 2.84 bits per heavy atom. The van der Waals surface area contributed by atoms with Crippen LogP contribution in [0.4, 0.5) is 5.95 Å². The van der Waals surface area contributed by atoms with E-state index in [1.807, 2.05) is 42.5 Å². The number of benzene rings is 2. The van der Waals surface area contributed by atoms with Crippen molar-refractivity contribution in [2.75, 3.05) is 19.1 Å². The summed E-state index contributed by atoms with van der Waals surface area (Å²) in [5.74, 6) is 1.73. The van der Waals surface area contributed by atoms with Gasteiger partial charge in [0.25, 0.3) is 5.95 Å². The minimum Gasteiger partial charge on any atom is -0.493 e. The summed E-state index contributed by atoms with van der Waals surface area (Å²) in [4.78, 5) is 7.69. The maximum atomic E-state index is 5.85. The molecule has 31 heavy (non-hydrogen) atoms. The number of nitrogens with zero attached hydrogens (tertiary/aromatic N) is 4. The van der Waals surface area contributed by atoms with Crippen LogP contribution in [0.5, 0.6) is 11.5 Å². The fourth-order valence-corrected chi connectivity index (χ4v) is 3.33. The molecule has 4 aromatic rings. The number of para-hydroxylation sites is 1. The molecule has 0 unspecified atom stereocenters. The average Bonchev–Trinajstić information content (AvgIpc) is 3.17. The number of hydrazone groups is 1. The van der Waals surface area contributed by atoms with Gasteiger partial charge in [0.15, 0.2) is 17.1 Å². The van der Waals surface area contributed by atoms with Crippen molar-refractivity contribution in [2.24, 2.45) is 5.10 Å². The minimum atomic E-state index is 0.314. The molecule has 4 rings (SSSR count). The highest BCUT2D eigenvalue weighted by atomic mass is 16.5. The van der Waals surface area contributed by atoms with Crippen LogP contribution in [-0.2, 0) is 0 Å². The summed E-state index contributed by atoms with van der Waals surface area (Å²) < 4.78 is 11.3. The topological polar surface area (TPSA) is 97.3 Å². The number of aromatic nitrogens is 4. The predicted molar refractivity (Wildman–Crippen MR) is 123 cm³/mol. The van der Waals surface area contributed by atoms with Crippen molar-refractivity contribution in [3.8, 4) is 11.5 Å². The van der Waals surface area contributed by atoms with Gasteiger partial charge in [-0.3, -0.25) is 0 Å². The van der Waals surface area contributed by atoms with Crippen LogP contribution in [0.25, 0.3) is 22.1 Å². The van der Waals surface area contributed by atoms with Gasteiger partial charge in [-0.1, -0.05) is 44.4 Å². The molecule has 0 aliphatic heterocycles. The van der Waals surface area contributed by atoms with Gasteiger partial charge in [0.2, 0.25) is 0 Å². The third-order valence-corrected chi connectivity index (χ3v) is 4.94. The van der Waals surface area contributed by atoms with Gasteiger partial charge in [0.1, 0.15) is 5.52 Å². The Hall–Kier alpha value is -3.68. The lowest BCUT2D eigenvalue weighted by Gasteiger charge is -2.11. The van der Waals surface area contributed by atoms with Crippen LogP contribution in [0.1, 0.15) is 38.2 Å². The summed E-state index contributed by atoms with van der Waals surface area (Å²) in [6.45, 7) is 2.88. The fourth-order valence-electron chi connectivity index (χ4n) is 3.33. The smallest absolute Gasteiger partial charge is 0.265 e. The number of hydrogen-bond acceptors (Lipinski definition) is 7. The highest BCUT2D eigenvalue weighted by molar-refractivity contribution is 6.03. The zero-order chi connectivity index (χ0) is 21.5. The summed E-state index contributed by atoms with van der Waals surface area (Å²) in [5, 5.41) is 13.6. The molecule has 0 amide bonds. The van der Waals surface area contributed by atoms with Gasteiger partial charge in [-0.25, -0.2) is 5.43 Å². The van der Waals surface area contributed by atoms with Crippen molar-refractivity contribution < 1.29 is 9.47 Å². The summed E-state index contributed by atoms with van der Waals surface area (Å²) in [5.41, 5.74) is 6.06. The number of nitrogens with one attached hydrogen (secondary N) is 2. The SMILES string of the molecule is CCCCCCOc1ccc(/C=N/Nc2nnc3c(n2)[nH]c2ccccc23)cc1OC. The number of unbranched alkanes of at least 4 members (excludes halogenated alkanes) is 3. The third-order valence-electron chi connectivity index (χ3n) is 4.94. The Morgan fingerprint density at radius 2 is 1.97 bits per heavy atom. The van der Waals surface area contributed by atoms with E-state index < -0.39 is 0 Å².